The molecule has 0 radical (unpaired) electrons. The molecule has 3 rings (SSSR count). The van der Waals surface area contributed by atoms with Crippen LogP contribution in [0.2, 0.25) is 0 Å². The molecule has 2 aliphatic heterocycles. The van der Waals surface area contributed by atoms with Crippen molar-refractivity contribution in [3.63, 3.8) is 0 Å². The Morgan fingerprint density at radius 2 is 1.93 bits per heavy atom. The van der Waals surface area contributed by atoms with Gasteiger partial charge in [-0.2, -0.15) is 0 Å². The van der Waals surface area contributed by atoms with Crippen molar-refractivity contribution in [2.24, 2.45) is 5.92 Å². The van der Waals surface area contributed by atoms with Gasteiger partial charge in [0.05, 0.1) is 31.8 Å². The van der Waals surface area contributed by atoms with Crippen LogP contribution in [-0.2, 0) is 19.1 Å². The lowest BCUT2D eigenvalue weighted by molar-refractivity contribution is -0.144. The first-order chi connectivity index (χ1) is 14.1. The molecule has 2 aliphatic rings. The van der Waals surface area contributed by atoms with Gasteiger partial charge in [-0.05, 0) is 18.9 Å². The van der Waals surface area contributed by atoms with E-state index in [9.17, 15) is 9.59 Å². The monoisotopic (exact) mass is 403 g/mol. The number of hydrogen-bond acceptors (Lipinski definition) is 5. The topological polar surface area (TPSA) is 71.1 Å². The van der Waals surface area contributed by atoms with Crippen molar-refractivity contribution in [2.45, 2.75) is 25.8 Å². The number of nitrogens with zero attached hydrogens (tertiary/aromatic N) is 2. The van der Waals surface area contributed by atoms with E-state index in [4.69, 9.17) is 9.47 Å². The Labute approximate surface area is 173 Å². The molecular weight excluding hydrogens is 370 g/mol. The fourth-order valence-corrected chi connectivity index (χ4v) is 4.15. The van der Waals surface area contributed by atoms with Gasteiger partial charge in [0.2, 0.25) is 11.8 Å². The van der Waals surface area contributed by atoms with E-state index in [0.717, 1.165) is 44.0 Å². The second kappa shape index (κ2) is 10.7. The fraction of sp³-hybridized carbons (Fsp3) is 0.636. The van der Waals surface area contributed by atoms with Crippen molar-refractivity contribution in [3.05, 3.63) is 35.4 Å². The molecular formula is C22H33N3O4. The number of hydrogen-bond donors (Lipinski definition) is 1. The van der Waals surface area contributed by atoms with E-state index in [2.05, 4.69) is 10.2 Å². The van der Waals surface area contributed by atoms with Crippen molar-refractivity contribution in [1.29, 1.82) is 0 Å². The number of piperidine rings is 1. The third kappa shape index (κ3) is 5.78. The first-order valence-electron chi connectivity index (χ1n) is 10.5. The standard InChI is InChI=1S/C22H33N3O4/c1-17-3-5-18(6-4-17)21-19(7-8-20(26)25(21)13-14-28-2)22(27)23-9-10-24-11-15-29-16-12-24/h3-6,19,21H,7-16H2,1-2H3,(H,23,27)/t19-,21-/m1/s1. The number of aryl methyl sites for hydroxylation is 1. The first kappa shape index (κ1) is 21.7. The third-order valence-corrected chi connectivity index (χ3v) is 5.83. The summed E-state index contributed by atoms with van der Waals surface area (Å²) < 4.78 is 10.6. The molecule has 2 fully saturated rings. The maximum atomic E-state index is 13.1. The van der Waals surface area contributed by atoms with Crippen molar-refractivity contribution >= 4 is 11.8 Å². The van der Waals surface area contributed by atoms with Crippen LogP contribution in [-0.4, -0.2) is 81.3 Å². The van der Waals surface area contributed by atoms with Gasteiger partial charge in [-0.1, -0.05) is 29.8 Å². The van der Waals surface area contributed by atoms with E-state index in [-0.39, 0.29) is 23.8 Å². The minimum Gasteiger partial charge on any atom is -0.383 e. The van der Waals surface area contributed by atoms with Gasteiger partial charge in [-0.15, -0.1) is 0 Å². The Balaban J connectivity index is 1.70. The maximum Gasteiger partial charge on any atom is 0.225 e. The minimum absolute atomic E-state index is 0.0266. The molecule has 7 heteroatoms. The average molecular weight is 404 g/mol. The Hall–Kier alpha value is -1.96. The zero-order chi connectivity index (χ0) is 20.6. The molecule has 0 aliphatic carbocycles. The predicted octanol–water partition coefficient (Wildman–Crippen LogP) is 1.37. The van der Waals surface area contributed by atoms with Crippen LogP contribution >= 0.6 is 0 Å². The van der Waals surface area contributed by atoms with Gasteiger partial charge in [0.15, 0.2) is 0 Å². The summed E-state index contributed by atoms with van der Waals surface area (Å²) in [5.74, 6) is -0.138. The number of likely N-dealkylation sites (tertiary alicyclic amines) is 1. The molecule has 1 aromatic rings. The molecule has 0 unspecified atom stereocenters. The van der Waals surface area contributed by atoms with Crippen molar-refractivity contribution < 1.29 is 19.1 Å². The quantitative estimate of drug-likeness (QED) is 0.710. The van der Waals surface area contributed by atoms with Crippen LogP contribution < -0.4 is 5.32 Å². The van der Waals surface area contributed by atoms with E-state index in [1.165, 1.54) is 0 Å². The predicted molar refractivity (Wildman–Crippen MR) is 111 cm³/mol. The highest BCUT2D eigenvalue weighted by atomic mass is 16.5. The molecule has 0 saturated carbocycles. The number of nitrogens with one attached hydrogen (secondary N) is 1. The minimum atomic E-state index is -0.254. The lowest BCUT2D eigenvalue weighted by Gasteiger charge is -2.41. The molecule has 29 heavy (non-hydrogen) atoms. The Kier molecular flexibility index (Phi) is 8.03. The molecule has 0 spiro atoms. The number of ether oxygens (including phenoxy) is 2. The molecule has 2 amide bonds. The van der Waals surface area contributed by atoms with Gasteiger partial charge in [0.1, 0.15) is 0 Å². The summed E-state index contributed by atoms with van der Waals surface area (Å²) in [5.41, 5.74) is 2.17. The van der Waals surface area contributed by atoms with Crippen LogP contribution in [0.3, 0.4) is 0 Å². The van der Waals surface area contributed by atoms with Crippen LogP contribution in [0.4, 0.5) is 0 Å². The summed E-state index contributed by atoms with van der Waals surface area (Å²) in [5, 5.41) is 3.11. The van der Waals surface area contributed by atoms with Gasteiger partial charge in [0, 0.05) is 46.3 Å². The normalized spacial score (nSPS) is 23.2. The van der Waals surface area contributed by atoms with Gasteiger partial charge in [-0.25, -0.2) is 0 Å². The zero-order valence-corrected chi connectivity index (χ0v) is 17.6. The fourth-order valence-electron chi connectivity index (χ4n) is 4.15. The molecule has 2 saturated heterocycles. The van der Waals surface area contributed by atoms with Gasteiger partial charge in [-0.3, -0.25) is 14.5 Å². The highest BCUT2D eigenvalue weighted by Crippen LogP contribution is 2.36. The molecule has 160 valence electrons. The number of amides is 2. The maximum absolute atomic E-state index is 13.1. The molecule has 1 N–H and O–H groups in total. The lowest BCUT2D eigenvalue weighted by Crippen LogP contribution is -2.50. The van der Waals surface area contributed by atoms with Crippen LogP contribution in [0, 0.1) is 12.8 Å². The van der Waals surface area contributed by atoms with Gasteiger partial charge in [0.25, 0.3) is 0 Å². The highest BCUT2D eigenvalue weighted by molar-refractivity contribution is 5.85. The smallest absolute Gasteiger partial charge is 0.225 e. The van der Waals surface area contributed by atoms with Crippen LogP contribution in [0.15, 0.2) is 24.3 Å². The third-order valence-electron chi connectivity index (χ3n) is 5.83. The Bertz CT molecular complexity index is 673. The summed E-state index contributed by atoms with van der Waals surface area (Å²) in [6.07, 6.45) is 0.970. The summed E-state index contributed by atoms with van der Waals surface area (Å²) in [6, 6.07) is 7.89. The molecule has 2 heterocycles. The average Bonchev–Trinajstić information content (AvgIpc) is 2.74. The van der Waals surface area contributed by atoms with E-state index >= 15 is 0 Å². The molecule has 7 nitrogen and oxygen atoms in total. The number of rotatable bonds is 8. The number of methoxy groups -OCH3 is 1. The van der Waals surface area contributed by atoms with Crippen LogP contribution in [0.5, 0.6) is 0 Å². The molecule has 0 aromatic heterocycles. The Morgan fingerprint density at radius 3 is 2.62 bits per heavy atom. The Morgan fingerprint density at radius 1 is 1.21 bits per heavy atom. The summed E-state index contributed by atoms with van der Waals surface area (Å²) in [7, 11) is 1.63. The number of carbonyl (C=O) groups is 2. The summed E-state index contributed by atoms with van der Waals surface area (Å²) in [4.78, 5) is 29.9. The first-order valence-corrected chi connectivity index (χ1v) is 10.5. The SMILES string of the molecule is COCCN1C(=O)CC[C@@H](C(=O)NCCN2CCOCC2)[C@H]1c1ccc(C)cc1. The largest absolute Gasteiger partial charge is 0.383 e. The second-order valence-corrected chi connectivity index (χ2v) is 7.83. The molecule has 0 bridgehead atoms. The van der Waals surface area contributed by atoms with Crippen LogP contribution in [0.1, 0.15) is 30.0 Å². The van der Waals surface area contributed by atoms with Crippen molar-refractivity contribution in [3.8, 4) is 0 Å². The number of benzene rings is 1. The second-order valence-electron chi connectivity index (χ2n) is 7.83. The van der Waals surface area contributed by atoms with Crippen LogP contribution in [0.25, 0.3) is 0 Å². The van der Waals surface area contributed by atoms with Crippen molar-refractivity contribution in [1.82, 2.24) is 15.1 Å². The zero-order valence-electron chi connectivity index (χ0n) is 17.6. The highest BCUT2D eigenvalue weighted by Gasteiger charge is 2.40. The van der Waals surface area contributed by atoms with E-state index < -0.39 is 0 Å². The van der Waals surface area contributed by atoms with E-state index in [1.807, 2.05) is 36.1 Å². The molecule has 1 aromatic carbocycles. The number of morpholine rings is 1. The lowest BCUT2D eigenvalue weighted by atomic mass is 9.83. The van der Waals surface area contributed by atoms with E-state index in [0.29, 0.717) is 32.5 Å². The summed E-state index contributed by atoms with van der Waals surface area (Å²) in [6.45, 7) is 7.74. The molecule has 2 atom stereocenters. The van der Waals surface area contributed by atoms with Gasteiger partial charge >= 0.3 is 0 Å². The summed E-state index contributed by atoms with van der Waals surface area (Å²) >= 11 is 0. The van der Waals surface area contributed by atoms with Gasteiger partial charge < -0.3 is 19.7 Å². The number of carbonyl (C=O) groups excluding carboxylic acids is 2. The van der Waals surface area contributed by atoms with Crippen molar-refractivity contribution in [2.75, 3.05) is 59.7 Å². The van der Waals surface area contributed by atoms with E-state index in [1.54, 1.807) is 7.11 Å².